The fourth-order valence-electron chi connectivity index (χ4n) is 1.61. The summed E-state index contributed by atoms with van der Waals surface area (Å²) in [6.45, 7) is 4.00. The number of aromatic carboxylic acids is 1. The number of halogens is 1. The van der Waals surface area contributed by atoms with Crippen molar-refractivity contribution in [3.8, 4) is 0 Å². The van der Waals surface area contributed by atoms with Crippen molar-refractivity contribution >= 4 is 39.1 Å². The van der Waals surface area contributed by atoms with Crippen molar-refractivity contribution in [2.75, 3.05) is 5.32 Å². The Bertz CT molecular complexity index is 627. The van der Waals surface area contributed by atoms with E-state index in [4.69, 9.17) is 0 Å². The van der Waals surface area contributed by atoms with E-state index in [-0.39, 0.29) is 5.56 Å². The first kappa shape index (κ1) is 14.0. The van der Waals surface area contributed by atoms with E-state index in [1.54, 1.807) is 25.2 Å². The van der Waals surface area contributed by atoms with Crippen molar-refractivity contribution in [1.29, 1.82) is 0 Å². The molecule has 0 atom stereocenters. The summed E-state index contributed by atoms with van der Waals surface area (Å²) >= 11 is 4.97. The fraction of sp³-hybridized carbons (Fsp3) is 0.250. The molecule has 2 heterocycles. The molecule has 0 unspecified atom stereocenters. The first-order chi connectivity index (χ1) is 8.99. The predicted molar refractivity (Wildman–Crippen MR) is 77.8 cm³/mol. The zero-order chi connectivity index (χ0) is 14.0. The Morgan fingerprint density at radius 2 is 2.16 bits per heavy atom. The lowest BCUT2D eigenvalue weighted by Gasteiger charge is -2.10. The molecule has 100 valence electrons. The van der Waals surface area contributed by atoms with Crippen molar-refractivity contribution in [3.63, 3.8) is 0 Å². The summed E-state index contributed by atoms with van der Waals surface area (Å²) in [5.74, 6) is -0.689. The quantitative estimate of drug-likeness (QED) is 0.892. The molecule has 0 saturated heterocycles. The maximum Gasteiger partial charge on any atom is 0.339 e. The second-order valence-corrected chi connectivity index (χ2v) is 6.55. The molecule has 0 aliphatic heterocycles. The van der Waals surface area contributed by atoms with Crippen LogP contribution in [0.25, 0.3) is 0 Å². The van der Waals surface area contributed by atoms with Crippen LogP contribution in [-0.2, 0) is 6.54 Å². The van der Waals surface area contributed by atoms with Gasteiger partial charge < -0.3 is 10.4 Å². The molecule has 0 aromatic carbocycles. The molecule has 7 heteroatoms. The highest BCUT2D eigenvalue weighted by Gasteiger charge is 2.17. The first-order valence-electron chi connectivity index (χ1n) is 5.54. The van der Waals surface area contributed by atoms with Gasteiger partial charge in [-0.25, -0.2) is 4.79 Å². The minimum Gasteiger partial charge on any atom is -0.478 e. The molecule has 0 spiro atoms. The minimum absolute atomic E-state index is 0.183. The van der Waals surface area contributed by atoms with Crippen LogP contribution in [0.3, 0.4) is 0 Å². The third kappa shape index (κ3) is 3.10. The van der Waals surface area contributed by atoms with Crippen molar-refractivity contribution < 1.29 is 9.90 Å². The Kier molecular flexibility index (Phi) is 4.16. The summed E-state index contributed by atoms with van der Waals surface area (Å²) in [6, 6.07) is 3.92. The number of carboxylic acid groups (broad SMARTS) is 1. The maximum absolute atomic E-state index is 11.3. The molecule has 2 aromatic rings. The van der Waals surface area contributed by atoms with Gasteiger partial charge in [0.2, 0.25) is 0 Å². The number of anilines is 1. The van der Waals surface area contributed by atoms with Crippen LogP contribution in [0.4, 0.5) is 5.82 Å². The first-order valence-corrected chi connectivity index (χ1v) is 7.15. The van der Waals surface area contributed by atoms with E-state index >= 15 is 0 Å². The van der Waals surface area contributed by atoms with Crippen LogP contribution in [-0.4, -0.2) is 21.3 Å². The molecule has 0 aliphatic rings. The predicted octanol–water partition coefficient (Wildman–Crippen LogP) is 3.23. The van der Waals surface area contributed by atoms with Gasteiger partial charge in [-0.05, 0) is 47.5 Å². The molecule has 0 saturated carbocycles. The number of rotatable bonds is 4. The molecule has 0 aliphatic carbocycles. The van der Waals surface area contributed by atoms with Crippen LogP contribution in [0.15, 0.2) is 15.9 Å². The van der Waals surface area contributed by atoms with Gasteiger partial charge in [0.25, 0.3) is 0 Å². The summed E-state index contributed by atoms with van der Waals surface area (Å²) in [7, 11) is 0. The average Bonchev–Trinajstić information content (AvgIpc) is 2.76. The van der Waals surface area contributed by atoms with E-state index in [2.05, 4.69) is 31.4 Å². The molecule has 2 N–H and O–H groups in total. The number of thiophene rings is 1. The highest BCUT2D eigenvalue weighted by molar-refractivity contribution is 9.11. The number of hydrogen-bond acceptors (Lipinski definition) is 5. The van der Waals surface area contributed by atoms with E-state index in [9.17, 15) is 9.90 Å². The summed E-state index contributed by atoms with van der Waals surface area (Å²) in [5, 5.41) is 20.2. The van der Waals surface area contributed by atoms with E-state index in [0.717, 1.165) is 8.66 Å². The van der Waals surface area contributed by atoms with Gasteiger partial charge in [-0.3, -0.25) is 0 Å². The lowest BCUT2D eigenvalue weighted by molar-refractivity contribution is 0.0696. The van der Waals surface area contributed by atoms with Crippen LogP contribution in [0.2, 0.25) is 0 Å². The summed E-state index contributed by atoms with van der Waals surface area (Å²) < 4.78 is 1.04. The van der Waals surface area contributed by atoms with Crippen LogP contribution >= 0.6 is 27.3 Å². The number of aromatic nitrogens is 2. The van der Waals surface area contributed by atoms with Gasteiger partial charge in [0.05, 0.1) is 16.0 Å². The highest BCUT2D eigenvalue weighted by atomic mass is 79.9. The van der Waals surface area contributed by atoms with Gasteiger partial charge in [0.1, 0.15) is 5.56 Å². The van der Waals surface area contributed by atoms with E-state index in [1.807, 2.05) is 12.1 Å². The van der Waals surface area contributed by atoms with Gasteiger partial charge in [-0.15, -0.1) is 16.4 Å². The molecule has 19 heavy (non-hydrogen) atoms. The average molecular weight is 342 g/mol. The fourth-order valence-corrected chi connectivity index (χ4v) is 3.03. The normalized spacial score (nSPS) is 10.5. The summed E-state index contributed by atoms with van der Waals surface area (Å²) in [5.41, 5.74) is 1.45. The Labute approximate surface area is 122 Å². The lowest BCUT2D eigenvalue weighted by atomic mass is 10.1. The van der Waals surface area contributed by atoms with E-state index in [1.165, 1.54) is 0 Å². The number of aryl methyl sites for hydroxylation is 1. The largest absolute Gasteiger partial charge is 0.478 e. The topological polar surface area (TPSA) is 75.1 Å². The second-order valence-electron chi connectivity index (χ2n) is 4.00. The second kappa shape index (κ2) is 5.66. The summed E-state index contributed by atoms with van der Waals surface area (Å²) in [4.78, 5) is 12.4. The molecule has 0 bridgehead atoms. The van der Waals surface area contributed by atoms with Crippen LogP contribution < -0.4 is 5.32 Å². The van der Waals surface area contributed by atoms with Crippen LogP contribution in [0.1, 0.15) is 26.5 Å². The van der Waals surface area contributed by atoms with E-state index in [0.29, 0.717) is 23.6 Å². The summed E-state index contributed by atoms with van der Waals surface area (Å²) in [6.07, 6.45) is 0. The molecule has 0 radical (unpaired) electrons. The zero-order valence-electron chi connectivity index (χ0n) is 10.4. The molecule has 2 rings (SSSR count). The van der Waals surface area contributed by atoms with Gasteiger partial charge in [-0.2, -0.15) is 5.10 Å². The third-order valence-electron chi connectivity index (χ3n) is 2.73. The standard InChI is InChI=1S/C12H12BrN3O2S/c1-6-7(2)15-16-11(10(6)12(17)18)14-5-8-3-4-9(13)19-8/h3-4H,5H2,1-2H3,(H,14,16)(H,17,18). The number of carbonyl (C=O) groups is 1. The minimum atomic E-state index is -0.995. The lowest BCUT2D eigenvalue weighted by Crippen LogP contribution is -2.12. The molecular weight excluding hydrogens is 330 g/mol. The van der Waals surface area contributed by atoms with Gasteiger partial charge in [0, 0.05) is 4.88 Å². The SMILES string of the molecule is Cc1nnc(NCc2ccc(Br)s2)c(C(=O)O)c1C. The Hall–Kier alpha value is -1.47. The molecule has 0 amide bonds. The molecular formula is C12H12BrN3O2S. The van der Waals surface area contributed by atoms with Gasteiger partial charge in [0.15, 0.2) is 5.82 Å². The Balaban J connectivity index is 2.25. The van der Waals surface area contributed by atoms with E-state index < -0.39 is 5.97 Å². The molecule has 5 nitrogen and oxygen atoms in total. The highest BCUT2D eigenvalue weighted by Crippen LogP contribution is 2.24. The van der Waals surface area contributed by atoms with Crippen molar-refractivity contribution in [1.82, 2.24) is 10.2 Å². The molecule has 2 aromatic heterocycles. The van der Waals surface area contributed by atoms with Gasteiger partial charge >= 0.3 is 5.97 Å². The third-order valence-corrected chi connectivity index (χ3v) is 4.35. The van der Waals surface area contributed by atoms with Crippen LogP contribution in [0, 0.1) is 13.8 Å². The number of nitrogens with one attached hydrogen (secondary N) is 1. The van der Waals surface area contributed by atoms with Crippen LogP contribution in [0.5, 0.6) is 0 Å². The Morgan fingerprint density at radius 1 is 1.42 bits per heavy atom. The van der Waals surface area contributed by atoms with Crippen molar-refractivity contribution in [2.24, 2.45) is 0 Å². The molecule has 0 fully saturated rings. The van der Waals surface area contributed by atoms with Crippen molar-refractivity contribution in [2.45, 2.75) is 20.4 Å². The maximum atomic E-state index is 11.3. The van der Waals surface area contributed by atoms with Crippen molar-refractivity contribution in [3.05, 3.63) is 37.6 Å². The Morgan fingerprint density at radius 3 is 2.74 bits per heavy atom. The number of nitrogens with zero attached hydrogens (tertiary/aromatic N) is 2. The van der Waals surface area contributed by atoms with Gasteiger partial charge in [-0.1, -0.05) is 0 Å². The number of hydrogen-bond donors (Lipinski definition) is 2. The monoisotopic (exact) mass is 341 g/mol. The zero-order valence-corrected chi connectivity index (χ0v) is 12.8. The number of carboxylic acids is 1. The smallest absolute Gasteiger partial charge is 0.339 e.